The Morgan fingerprint density at radius 3 is 2.67 bits per heavy atom. The first kappa shape index (κ1) is 21.0. The van der Waals surface area contributed by atoms with Gasteiger partial charge in [-0.1, -0.05) is 26.0 Å². The Kier molecular flexibility index (Phi) is 7.45. The smallest absolute Gasteiger partial charge is 0.409 e. The summed E-state index contributed by atoms with van der Waals surface area (Å²) in [4.78, 5) is 17.8. The van der Waals surface area contributed by atoms with Crippen LogP contribution in [0.15, 0.2) is 29.3 Å². The van der Waals surface area contributed by atoms with Gasteiger partial charge in [-0.05, 0) is 37.5 Å². The first-order valence-corrected chi connectivity index (χ1v) is 9.50. The number of nitrogens with zero attached hydrogens (tertiary/aromatic N) is 2. The van der Waals surface area contributed by atoms with Gasteiger partial charge in [0.15, 0.2) is 5.96 Å². The average Bonchev–Trinajstić information content (AvgIpc) is 2.66. The first-order chi connectivity index (χ1) is 12.9. The summed E-state index contributed by atoms with van der Waals surface area (Å²) in [5.74, 6) is 0.491. The van der Waals surface area contributed by atoms with Crippen LogP contribution in [0.3, 0.4) is 0 Å². The highest BCUT2D eigenvalue weighted by Crippen LogP contribution is 2.22. The van der Waals surface area contributed by atoms with Crippen molar-refractivity contribution >= 4 is 12.1 Å². The summed E-state index contributed by atoms with van der Waals surface area (Å²) >= 11 is 0. The van der Waals surface area contributed by atoms with Gasteiger partial charge in [-0.2, -0.15) is 0 Å². The lowest BCUT2D eigenvalue weighted by molar-refractivity contribution is 0.0963. The van der Waals surface area contributed by atoms with Crippen LogP contribution >= 0.6 is 0 Å². The molecule has 1 heterocycles. The SMILES string of the molecule is CCOC(=O)N1CCC(NC(=NC)NCC(C)(C)c2cccc(F)c2)CC1. The molecule has 0 unspecified atom stereocenters. The fourth-order valence-corrected chi connectivity index (χ4v) is 3.13. The first-order valence-electron chi connectivity index (χ1n) is 9.50. The Balaban J connectivity index is 1.83. The van der Waals surface area contributed by atoms with Gasteiger partial charge in [0.1, 0.15) is 5.82 Å². The van der Waals surface area contributed by atoms with E-state index in [1.165, 1.54) is 6.07 Å². The van der Waals surface area contributed by atoms with Crippen LogP contribution in [0.2, 0.25) is 0 Å². The maximum Gasteiger partial charge on any atom is 0.409 e. The second-order valence-electron chi connectivity index (χ2n) is 7.42. The fourth-order valence-electron chi connectivity index (χ4n) is 3.13. The number of hydrogen-bond donors (Lipinski definition) is 2. The molecule has 150 valence electrons. The molecule has 1 aliphatic heterocycles. The van der Waals surface area contributed by atoms with Crippen LogP contribution in [0.4, 0.5) is 9.18 Å². The Morgan fingerprint density at radius 2 is 2.07 bits per heavy atom. The quantitative estimate of drug-likeness (QED) is 0.611. The van der Waals surface area contributed by atoms with Crippen molar-refractivity contribution in [2.45, 2.75) is 45.1 Å². The van der Waals surface area contributed by atoms with Crippen LogP contribution in [0.5, 0.6) is 0 Å². The van der Waals surface area contributed by atoms with E-state index in [0.29, 0.717) is 32.2 Å². The molecule has 0 saturated carbocycles. The molecule has 27 heavy (non-hydrogen) atoms. The van der Waals surface area contributed by atoms with Gasteiger partial charge >= 0.3 is 6.09 Å². The van der Waals surface area contributed by atoms with E-state index in [1.807, 2.05) is 13.0 Å². The number of piperidine rings is 1. The molecule has 1 fully saturated rings. The molecule has 0 aliphatic carbocycles. The number of hydrogen-bond acceptors (Lipinski definition) is 3. The Morgan fingerprint density at radius 1 is 1.37 bits per heavy atom. The zero-order valence-corrected chi connectivity index (χ0v) is 16.7. The minimum Gasteiger partial charge on any atom is -0.450 e. The number of ether oxygens (including phenoxy) is 1. The standard InChI is InChI=1S/C20H31FN4O2/c1-5-27-19(26)25-11-9-17(10-12-25)24-18(22-4)23-14-20(2,3)15-7-6-8-16(21)13-15/h6-8,13,17H,5,9-12,14H2,1-4H3,(H2,22,23,24). The summed E-state index contributed by atoms with van der Waals surface area (Å²) in [6.07, 6.45) is 1.44. The largest absolute Gasteiger partial charge is 0.450 e. The third-order valence-electron chi connectivity index (χ3n) is 4.89. The van der Waals surface area contributed by atoms with Crippen molar-refractivity contribution in [2.24, 2.45) is 4.99 Å². The molecule has 1 aromatic rings. The predicted octanol–water partition coefficient (Wildman–Crippen LogP) is 2.89. The molecule has 7 heteroatoms. The predicted molar refractivity (Wildman–Crippen MR) is 106 cm³/mol. The van der Waals surface area contributed by atoms with Crippen LogP contribution in [0.25, 0.3) is 0 Å². The number of aliphatic imine (C=N–C) groups is 1. The maximum atomic E-state index is 13.5. The summed E-state index contributed by atoms with van der Waals surface area (Å²) in [6, 6.07) is 6.95. The van der Waals surface area contributed by atoms with E-state index in [0.717, 1.165) is 18.4 Å². The van der Waals surface area contributed by atoms with E-state index < -0.39 is 0 Å². The minimum atomic E-state index is -0.243. The summed E-state index contributed by atoms with van der Waals surface area (Å²) < 4.78 is 18.6. The summed E-state index contributed by atoms with van der Waals surface area (Å²) in [5, 5.41) is 6.76. The van der Waals surface area contributed by atoms with Crippen LogP contribution in [-0.4, -0.2) is 56.3 Å². The lowest BCUT2D eigenvalue weighted by Gasteiger charge is -2.33. The van der Waals surface area contributed by atoms with E-state index in [4.69, 9.17) is 4.74 Å². The van der Waals surface area contributed by atoms with Gasteiger partial charge in [-0.3, -0.25) is 4.99 Å². The van der Waals surface area contributed by atoms with Gasteiger partial charge in [-0.15, -0.1) is 0 Å². The molecule has 1 aliphatic rings. The summed E-state index contributed by atoms with van der Waals surface area (Å²) in [5.41, 5.74) is 0.695. The van der Waals surface area contributed by atoms with E-state index in [9.17, 15) is 9.18 Å². The zero-order chi connectivity index (χ0) is 19.9. The topological polar surface area (TPSA) is 66.0 Å². The van der Waals surface area contributed by atoms with Gasteiger partial charge in [-0.25, -0.2) is 9.18 Å². The highest BCUT2D eigenvalue weighted by Gasteiger charge is 2.25. The van der Waals surface area contributed by atoms with E-state index >= 15 is 0 Å². The summed E-state index contributed by atoms with van der Waals surface area (Å²) in [6.45, 7) is 8.31. The number of carbonyl (C=O) groups is 1. The lowest BCUT2D eigenvalue weighted by Crippen LogP contribution is -2.51. The number of rotatable bonds is 5. The highest BCUT2D eigenvalue weighted by molar-refractivity contribution is 5.80. The monoisotopic (exact) mass is 378 g/mol. The number of guanidine groups is 1. The normalized spacial score (nSPS) is 16.2. The van der Waals surface area contributed by atoms with Gasteiger partial charge in [0, 0.05) is 38.1 Å². The maximum absolute atomic E-state index is 13.5. The molecule has 2 N–H and O–H groups in total. The lowest BCUT2D eigenvalue weighted by atomic mass is 9.84. The minimum absolute atomic E-state index is 0.226. The Bertz CT molecular complexity index is 655. The van der Waals surface area contributed by atoms with Crippen molar-refractivity contribution in [1.29, 1.82) is 0 Å². The van der Waals surface area contributed by atoms with Crippen LogP contribution in [0.1, 0.15) is 39.2 Å². The van der Waals surface area contributed by atoms with Crippen molar-refractivity contribution in [3.05, 3.63) is 35.6 Å². The van der Waals surface area contributed by atoms with Crippen molar-refractivity contribution in [1.82, 2.24) is 15.5 Å². The van der Waals surface area contributed by atoms with Crippen LogP contribution in [0, 0.1) is 5.82 Å². The average molecular weight is 378 g/mol. The highest BCUT2D eigenvalue weighted by atomic mass is 19.1. The molecule has 0 spiro atoms. The fraction of sp³-hybridized carbons (Fsp3) is 0.600. The van der Waals surface area contributed by atoms with Gasteiger partial charge in [0.05, 0.1) is 6.61 Å². The number of amides is 1. The third kappa shape index (κ3) is 6.12. The second-order valence-corrected chi connectivity index (χ2v) is 7.42. The number of benzene rings is 1. The molecule has 0 aromatic heterocycles. The number of halogens is 1. The van der Waals surface area contributed by atoms with E-state index in [1.54, 1.807) is 24.1 Å². The Hall–Kier alpha value is -2.31. The van der Waals surface area contributed by atoms with Crippen molar-refractivity contribution in [3.8, 4) is 0 Å². The van der Waals surface area contributed by atoms with Gasteiger partial charge in [0.2, 0.25) is 0 Å². The third-order valence-corrected chi connectivity index (χ3v) is 4.89. The molecule has 0 radical (unpaired) electrons. The van der Waals surface area contributed by atoms with Crippen LogP contribution in [-0.2, 0) is 10.2 Å². The summed E-state index contributed by atoms with van der Waals surface area (Å²) in [7, 11) is 1.73. The van der Waals surface area contributed by atoms with Crippen molar-refractivity contribution in [2.75, 3.05) is 33.3 Å². The second kappa shape index (κ2) is 9.58. The number of likely N-dealkylation sites (tertiary alicyclic amines) is 1. The van der Waals surface area contributed by atoms with Crippen LogP contribution < -0.4 is 10.6 Å². The molecule has 1 saturated heterocycles. The molecule has 1 amide bonds. The molecular weight excluding hydrogens is 347 g/mol. The van der Waals surface area contributed by atoms with E-state index in [-0.39, 0.29) is 23.4 Å². The van der Waals surface area contributed by atoms with Gasteiger partial charge < -0.3 is 20.3 Å². The number of carbonyl (C=O) groups excluding carboxylic acids is 1. The van der Waals surface area contributed by atoms with Crippen molar-refractivity contribution < 1.29 is 13.9 Å². The Labute approximate surface area is 161 Å². The zero-order valence-electron chi connectivity index (χ0n) is 16.7. The van der Waals surface area contributed by atoms with Crippen molar-refractivity contribution in [3.63, 3.8) is 0 Å². The molecular formula is C20H31FN4O2. The van der Waals surface area contributed by atoms with Gasteiger partial charge in [0.25, 0.3) is 0 Å². The molecule has 0 bridgehead atoms. The molecule has 2 rings (SSSR count). The molecule has 6 nitrogen and oxygen atoms in total. The molecule has 0 atom stereocenters. The number of nitrogens with one attached hydrogen (secondary N) is 2. The van der Waals surface area contributed by atoms with E-state index in [2.05, 4.69) is 29.5 Å². The molecule has 1 aromatic carbocycles.